The molecular weight excluding hydrogens is 219 g/mol. The maximum Gasteiger partial charge on any atom is 1.00 e. The molecule has 0 aliphatic carbocycles. The van der Waals surface area contributed by atoms with Gasteiger partial charge in [-0.3, -0.25) is 9.11 Å². The van der Waals surface area contributed by atoms with Gasteiger partial charge >= 0.3 is 61.8 Å². The molecule has 4 nitrogen and oxygen atoms in total. The molecule has 6 heteroatoms. The number of rotatable bonds is 0. The number of aryl methyl sites for hydroxylation is 1. The van der Waals surface area contributed by atoms with Crippen molar-refractivity contribution in [3.63, 3.8) is 0 Å². The normalized spacial score (nSPS) is 9.15. The van der Waals surface area contributed by atoms with Crippen molar-refractivity contribution in [3.05, 3.63) is 35.9 Å². The molecule has 0 unspecified atom stereocenters. The second kappa shape index (κ2) is 8.07. The number of hydrogen-bond acceptors (Lipinski definition) is 2. The first-order valence-electron chi connectivity index (χ1n) is 3.11. The Bertz CT molecular complexity index is 306. The van der Waals surface area contributed by atoms with Gasteiger partial charge in [0.2, 0.25) is 0 Å². The smallest absolute Gasteiger partial charge is 1.00 e. The monoisotopic (exact) mass is 230 g/mol. The molecule has 13 heavy (non-hydrogen) atoms. The van der Waals surface area contributed by atoms with Crippen LogP contribution in [0, 0.1) is 6.92 Å². The van der Waals surface area contributed by atoms with E-state index >= 15 is 0 Å². The van der Waals surface area contributed by atoms with Gasteiger partial charge in [0, 0.05) is 0 Å². The van der Waals surface area contributed by atoms with Crippen LogP contribution in [-0.2, 0) is 10.4 Å². The van der Waals surface area contributed by atoms with E-state index in [0.29, 0.717) is 0 Å². The zero-order valence-corrected chi connectivity index (χ0v) is 11.4. The van der Waals surface area contributed by atoms with Crippen molar-refractivity contribution in [2.45, 2.75) is 6.92 Å². The third-order valence-corrected chi connectivity index (χ3v) is 0.940. The molecule has 0 radical (unpaired) electrons. The zero-order valence-electron chi connectivity index (χ0n) is 8.51. The van der Waals surface area contributed by atoms with Crippen LogP contribution in [0.2, 0.25) is 0 Å². The van der Waals surface area contributed by atoms with E-state index in [2.05, 4.69) is 19.1 Å². The minimum atomic E-state index is -4.67. The molecular formula is C7H11KO4S. The molecule has 0 spiro atoms. The minimum absolute atomic E-state index is 0. The molecule has 70 valence electrons. The van der Waals surface area contributed by atoms with Crippen molar-refractivity contribution in [2.75, 3.05) is 0 Å². The van der Waals surface area contributed by atoms with E-state index in [0.717, 1.165) is 0 Å². The van der Waals surface area contributed by atoms with Gasteiger partial charge in [0.25, 0.3) is 0 Å². The average molecular weight is 230 g/mol. The first-order valence-corrected chi connectivity index (χ1v) is 4.51. The van der Waals surface area contributed by atoms with Gasteiger partial charge in [-0.1, -0.05) is 35.9 Å². The van der Waals surface area contributed by atoms with Gasteiger partial charge in [0.05, 0.1) is 0 Å². The summed E-state index contributed by atoms with van der Waals surface area (Å²) in [6, 6.07) is 10.3. The first-order chi connectivity index (χ1) is 5.39. The van der Waals surface area contributed by atoms with Gasteiger partial charge in [-0.25, -0.2) is 0 Å². The molecule has 0 amide bonds. The van der Waals surface area contributed by atoms with Crippen LogP contribution in [0.1, 0.15) is 6.99 Å². The Morgan fingerprint density at radius 3 is 1.62 bits per heavy atom. The quantitative estimate of drug-likeness (QED) is 0.418. The van der Waals surface area contributed by atoms with Gasteiger partial charge in [0.15, 0.2) is 0 Å². The Kier molecular flexibility index (Phi) is 10.0. The Morgan fingerprint density at radius 2 is 1.46 bits per heavy atom. The fourth-order valence-corrected chi connectivity index (χ4v) is 0.534. The van der Waals surface area contributed by atoms with E-state index < -0.39 is 10.4 Å². The van der Waals surface area contributed by atoms with Crippen molar-refractivity contribution < 1.29 is 70.3 Å². The fourth-order valence-electron chi connectivity index (χ4n) is 0.534. The van der Waals surface area contributed by atoms with Crippen molar-refractivity contribution in [2.24, 2.45) is 0 Å². The minimum Gasteiger partial charge on any atom is -1.00 e. The molecule has 0 saturated heterocycles. The zero-order chi connectivity index (χ0) is 9.61. The fraction of sp³-hybridized carbons (Fsp3) is 0.143. The van der Waals surface area contributed by atoms with Gasteiger partial charge in [-0.2, -0.15) is 8.42 Å². The molecule has 0 aromatic heterocycles. The third kappa shape index (κ3) is 19.2. The van der Waals surface area contributed by atoms with Gasteiger partial charge in [-0.05, 0) is 6.92 Å². The molecule has 0 bridgehead atoms. The summed E-state index contributed by atoms with van der Waals surface area (Å²) in [5.74, 6) is 0. The van der Waals surface area contributed by atoms with Gasteiger partial charge in [-0.15, -0.1) is 0 Å². The summed E-state index contributed by atoms with van der Waals surface area (Å²) in [5.41, 5.74) is 1.32. The molecule has 1 aromatic carbocycles. The molecule has 0 aliphatic rings. The van der Waals surface area contributed by atoms with Crippen LogP contribution in [0.4, 0.5) is 0 Å². The topological polar surface area (TPSA) is 74.6 Å². The SMILES string of the molecule is Cc1ccccc1.O=S(=O)(O)O.[H-].[K+]. The average Bonchev–Trinajstić information content (AvgIpc) is 1.85. The van der Waals surface area contributed by atoms with Crippen LogP contribution in [0.15, 0.2) is 30.3 Å². The second-order valence-electron chi connectivity index (χ2n) is 2.10. The van der Waals surface area contributed by atoms with E-state index in [-0.39, 0.29) is 52.8 Å². The van der Waals surface area contributed by atoms with Crippen LogP contribution in [0.3, 0.4) is 0 Å². The Balaban J connectivity index is -0.000000159. The maximum absolute atomic E-state index is 8.74. The summed E-state index contributed by atoms with van der Waals surface area (Å²) in [6.45, 7) is 2.08. The maximum atomic E-state index is 8.74. The van der Waals surface area contributed by atoms with Crippen LogP contribution in [0.25, 0.3) is 0 Å². The molecule has 1 aromatic rings. The van der Waals surface area contributed by atoms with E-state index in [1.165, 1.54) is 5.56 Å². The van der Waals surface area contributed by atoms with E-state index in [1.54, 1.807) is 0 Å². The van der Waals surface area contributed by atoms with Gasteiger partial charge < -0.3 is 1.43 Å². The molecule has 0 aliphatic heterocycles. The van der Waals surface area contributed by atoms with Gasteiger partial charge in [0.1, 0.15) is 0 Å². The Labute approximate surface area is 122 Å². The van der Waals surface area contributed by atoms with Crippen LogP contribution < -0.4 is 51.4 Å². The van der Waals surface area contributed by atoms with Crippen molar-refractivity contribution >= 4 is 10.4 Å². The summed E-state index contributed by atoms with van der Waals surface area (Å²) in [7, 11) is -4.67. The summed E-state index contributed by atoms with van der Waals surface area (Å²) in [6.07, 6.45) is 0. The summed E-state index contributed by atoms with van der Waals surface area (Å²) >= 11 is 0. The Morgan fingerprint density at radius 1 is 1.15 bits per heavy atom. The number of hydrogen-bond donors (Lipinski definition) is 2. The summed E-state index contributed by atoms with van der Waals surface area (Å²) in [5, 5.41) is 0. The standard InChI is InChI=1S/C7H8.K.H2O4S.H/c1-7-5-3-2-4-6-7;;1-5(2,3)4;/h2-6H,1H3;;(H2,1,2,3,4);/q;+1;;-1. The predicted octanol–water partition coefficient (Wildman–Crippen LogP) is -1.54. The largest absolute Gasteiger partial charge is 1.00 e. The van der Waals surface area contributed by atoms with Crippen molar-refractivity contribution in [3.8, 4) is 0 Å². The predicted molar refractivity (Wildman–Crippen MR) is 46.5 cm³/mol. The molecule has 0 heterocycles. The molecule has 2 N–H and O–H groups in total. The Hall–Kier alpha value is 0.726. The third-order valence-electron chi connectivity index (χ3n) is 0.940. The van der Waals surface area contributed by atoms with E-state index in [4.69, 9.17) is 17.5 Å². The summed E-state index contributed by atoms with van der Waals surface area (Å²) < 4.78 is 31.6. The van der Waals surface area contributed by atoms with Crippen molar-refractivity contribution in [1.82, 2.24) is 0 Å². The first kappa shape index (κ1) is 16.2. The molecule has 0 fully saturated rings. The molecule has 1 rings (SSSR count). The summed E-state index contributed by atoms with van der Waals surface area (Å²) in [4.78, 5) is 0. The van der Waals surface area contributed by atoms with Crippen LogP contribution in [-0.4, -0.2) is 17.5 Å². The van der Waals surface area contributed by atoms with Crippen LogP contribution >= 0.6 is 0 Å². The number of benzene rings is 1. The van der Waals surface area contributed by atoms with Crippen molar-refractivity contribution in [1.29, 1.82) is 0 Å². The van der Waals surface area contributed by atoms with Crippen LogP contribution in [0.5, 0.6) is 0 Å². The molecule has 0 saturated carbocycles. The van der Waals surface area contributed by atoms with E-state index in [1.807, 2.05) is 18.2 Å². The second-order valence-corrected chi connectivity index (χ2v) is 3.00. The molecule has 0 atom stereocenters. The van der Waals surface area contributed by atoms with E-state index in [9.17, 15) is 0 Å².